The van der Waals surface area contributed by atoms with Gasteiger partial charge in [0.2, 0.25) is 5.91 Å². The van der Waals surface area contributed by atoms with Crippen molar-refractivity contribution < 1.29 is 28.6 Å². The zero-order valence-corrected chi connectivity index (χ0v) is 19.2. The number of carbonyl (C=O) groups excluding carboxylic acids is 3. The fourth-order valence-electron chi connectivity index (χ4n) is 4.29. The van der Waals surface area contributed by atoms with Gasteiger partial charge in [-0.25, -0.2) is 4.79 Å². The van der Waals surface area contributed by atoms with Crippen molar-refractivity contribution in [3.63, 3.8) is 0 Å². The molecule has 4 rings (SSSR count). The lowest BCUT2D eigenvalue weighted by molar-refractivity contribution is -0.145. The molecule has 2 saturated heterocycles. The number of likely N-dealkylation sites (tertiary alicyclic amines) is 1. The van der Waals surface area contributed by atoms with Gasteiger partial charge in [0.15, 0.2) is 0 Å². The van der Waals surface area contributed by atoms with Gasteiger partial charge in [0.25, 0.3) is 5.91 Å². The number of carbonyl (C=O) groups is 3. The second-order valence-corrected chi connectivity index (χ2v) is 8.42. The Morgan fingerprint density at radius 2 is 1.79 bits per heavy atom. The number of aromatic nitrogens is 1. The third kappa shape index (κ3) is 5.72. The molecule has 0 N–H and O–H groups in total. The molecule has 1 aromatic carbocycles. The van der Waals surface area contributed by atoms with Crippen LogP contribution in [-0.2, 0) is 14.3 Å². The third-order valence-electron chi connectivity index (χ3n) is 6.17. The molecular weight excluding hydrogens is 438 g/mol. The van der Waals surface area contributed by atoms with Crippen LogP contribution in [0.1, 0.15) is 33.6 Å². The summed E-state index contributed by atoms with van der Waals surface area (Å²) in [5.74, 6) is -0.0266. The summed E-state index contributed by atoms with van der Waals surface area (Å²) in [7, 11) is 1.31. The van der Waals surface area contributed by atoms with Crippen LogP contribution in [0, 0.1) is 5.92 Å². The zero-order valence-electron chi connectivity index (χ0n) is 19.2. The molecule has 1 unspecified atom stereocenters. The van der Waals surface area contributed by atoms with Crippen LogP contribution in [0.2, 0.25) is 0 Å². The van der Waals surface area contributed by atoms with Crippen molar-refractivity contribution in [1.82, 2.24) is 14.8 Å². The number of morpholine rings is 1. The van der Waals surface area contributed by atoms with Gasteiger partial charge in [-0.05, 0) is 31.0 Å². The van der Waals surface area contributed by atoms with Crippen molar-refractivity contribution in [1.29, 1.82) is 0 Å². The Labute approximate surface area is 198 Å². The Kier molecular flexibility index (Phi) is 7.74. The summed E-state index contributed by atoms with van der Waals surface area (Å²) in [6.45, 7) is 2.80. The SMILES string of the molecule is COC(=O)c1cncc(OCC2CN(C(=O)C3CCN(C(=O)c4ccccc4)CC3)CCO2)c1. The Bertz CT molecular complexity index is 1010. The van der Waals surface area contributed by atoms with Crippen LogP contribution in [0.5, 0.6) is 5.75 Å². The van der Waals surface area contributed by atoms with E-state index in [0.29, 0.717) is 62.5 Å². The van der Waals surface area contributed by atoms with Crippen LogP contribution >= 0.6 is 0 Å². The predicted molar refractivity (Wildman–Crippen MR) is 122 cm³/mol. The van der Waals surface area contributed by atoms with Gasteiger partial charge in [-0.1, -0.05) is 18.2 Å². The lowest BCUT2D eigenvalue weighted by Gasteiger charge is -2.37. The van der Waals surface area contributed by atoms with Gasteiger partial charge in [0.1, 0.15) is 18.5 Å². The van der Waals surface area contributed by atoms with E-state index in [2.05, 4.69) is 4.98 Å². The first kappa shape index (κ1) is 23.7. The molecule has 9 heteroatoms. The summed E-state index contributed by atoms with van der Waals surface area (Å²) in [6, 6.07) is 10.8. The van der Waals surface area contributed by atoms with Crippen molar-refractivity contribution in [3.8, 4) is 5.75 Å². The van der Waals surface area contributed by atoms with Gasteiger partial charge in [0.05, 0.1) is 32.0 Å². The van der Waals surface area contributed by atoms with Crippen molar-refractivity contribution in [2.75, 3.05) is 46.5 Å². The van der Waals surface area contributed by atoms with E-state index >= 15 is 0 Å². The number of piperidine rings is 1. The maximum atomic E-state index is 13.1. The van der Waals surface area contributed by atoms with E-state index in [-0.39, 0.29) is 30.4 Å². The average molecular weight is 468 g/mol. The average Bonchev–Trinajstić information content (AvgIpc) is 2.91. The molecule has 0 spiro atoms. The van der Waals surface area contributed by atoms with E-state index in [4.69, 9.17) is 14.2 Å². The minimum absolute atomic E-state index is 0.0147. The Hall–Kier alpha value is -3.46. The van der Waals surface area contributed by atoms with E-state index in [9.17, 15) is 14.4 Å². The van der Waals surface area contributed by atoms with Gasteiger partial charge in [0, 0.05) is 37.3 Å². The van der Waals surface area contributed by atoms with Gasteiger partial charge >= 0.3 is 5.97 Å². The molecule has 0 bridgehead atoms. The topological polar surface area (TPSA) is 98.3 Å². The summed E-state index contributed by atoms with van der Waals surface area (Å²) in [5.41, 5.74) is 0.981. The molecule has 1 aromatic heterocycles. The highest BCUT2D eigenvalue weighted by Gasteiger charge is 2.33. The Morgan fingerprint density at radius 1 is 1.03 bits per heavy atom. The third-order valence-corrected chi connectivity index (χ3v) is 6.17. The summed E-state index contributed by atoms with van der Waals surface area (Å²) in [6.07, 6.45) is 3.96. The number of esters is 1. The monoisotopic (exact) mass is 467 g/mol. The smallest absolute Gasteiger partial charge is 0.339 e. The minimum atomic E-state index is -0.486. The highest BCUT2D eigenvalue weighted by molar-refractivity contribution is 5.94. The first-order valence-electron chi connectivity index (χ1n) is 11.5. The molecule has 2 aliphatic rings. The normalized spacial score (nSPS) is 18.9. The number of amides is 2. The number of ether oxygens (including phenoxy) is 3. The Balaban J connectivity index is 1.26. The lowest BCUT2D eigenvalue weighted by Crippen LogP contribution is -2.51. The van der Waals surface area contributed by atoms with Crippen molar-refractivity contribution >= 4 is 17.8 Å². The number of rotatable bonds is 6. The van der Waals surface area contributed by atoms with E-state index in [1.165, 1.54) is 19.5 Å². The van der Waals surface area contributed by atoms with Crippen LogP contribution in [0.4, 0.5) is 0 Å². The molecule has 0 aliphatic carbocycles. The quantitative estimate of drug-likeness (QED) is 0.600. The summed E-state index contributed by atoms with van der Waals surface area (Å²) < 4.78 is 16.2. The number of pyridine rings is 1. The molecule has 2 aromatic rings. The first-order chi connectivity index (χ1) is 16.5. The van der Waals surface area contributed by atoms with Crippen LogP contribution in [0.3, 0.4) is 0 Å². The molecule has 3 heterocycles. The summed E-state index contributed by atoms with van der Waals surface area (Å²) >= 11 is 0. The van der Waals surface area contributed by atoms with Gasteiger partial charge in [-0.3, -0.25) is 14.6 Å². The van der Waals surface area contributed by atoms with Crippen LogP contribution < -0.4 is 4.74 Å². The van der Waals surface area contributed by atoms with Crippen LogP contribution in [-0.4, -0.2) is 85.2 Å². The highest BCUT2D eigenvalue weighted by atomic mass is 16.5. The molecule has 180 valence electrons. The van der Waals surface area contributed by atoms with Crippen molar-refractivity contribution in [2.45, 2.75) is 18.9 Å². The zero-order chi connectivity index (χ0) is 23.9. The largest absolute Gasteiger partial charge is 0.489 e. The molecule has 0 saturated carbocycles. The van der Waals surface area contributed by atoms with Gasteiger partial charge in [-0.15, -0.1) is 0 Å². The molecular formula is C25H29N3O6. The van der Waals surface area contributed by atoms with E-state index in [1.807, 2.05) is 40.1 Å². The summed E-state index contributed by atoms with van der Waals surface area (Å²) in [5, 5.41) is 0. The maximum Gasteiger partial charge on any atom is 0.339 e. The number of hydrogen-bond acceptors (Lipinski definition) is 7. The van der Waals surface area contributed by atoms with Gasteiger partial charge < -0.3 is 24.0 Å². The lowest BCUT2D eigenvalue weighted by atomic mass is 9.94. The molecule has 0 radical (unpaired) electrons. The van der Waals surface area contributed by atoms with Crippen LogP contribution in [0.25, 0.3) is 0 Å². The molecule has 34 heavy (non-hydrogen) atoms. The number of nitrogens with zero attached hydrogens (tertiary/aromatic N) is 3. The van der Waals surface area contributed by atoms with E-state index < -0.39 is 5.97 Å². The predicted octanol–water partition coefficient (Wildman–Crippen LogP) is 2.03. The van der Waals surface area contributed by atoms with E-state index in [0.717, 1.165) is 0 Å². The minimum Gasteiger partial charge on any atom is -0.489 e. The maximum absolute atomic E-state index is 13.1. The number of benzene rings is 1. The molecule has 2 aliphatic heterocycles. The first-order valence-corrected chi connectivity index (χ1v) is 11.5. The van der Waals surface area contributed by atoms with Crippen molar-refractivity contribution in [2.24, 2.45) is 5.92 Å². The van der Waals surface area contributed by atoms with Crippen LogP contribution in [0.15, 0.2) is 48.8 Å². The number of hydrogen-bond donors (Lipinski definition) is 0. The number of methoxy groups -OCH3 is 1. The second kappa shape index (κ2) is 11.1. The standard InChI is InChI=1S/C25H29N3O6/c1-32-25(31)20-13-21(15-26-14-20)34-17-22-16-28(11-12-33-22)24(30)19-7-9-27(10-8-19)23(29)18-5-3-2-4-6-18/h2-6,13-15,19,22H,7-12,16-17H2,1H3. The molecule has 9 nitrogen and oxygen atoms in total. The highest BCUT2D eigenvalue weighted by Crippen LogP contribution is 2.23. The summed E-state index contributed by atoms with van der Waals surface area (Å²) in [4.78, 5) is 45.1. The van der Waals surface area contributed by atoms with E-state index in [1.54, 1.807) is 6.07 Å². The van der Waals surface area contributed by atoms with Crippen molar-refractivity contribution in [3.05, 3.63) is 59.9 Å². The molecule has 2 amide bonds. The molecule has 2 fully saturated rings. The Morgan fingerprint density at radius 3 is 2.53 bits per heavy atom. The fourth-order valence-corrected chi connectivity index (χ4v) is 4.29. The van der Waals surface area contributed by atoms with Gasteiger partial charge in [-0.2, -0.15) is 0 Å². The molecule has 1 atom stereocenters. The second-order valence-electron chi connectivity index (χ2n) is 8.42. The fraction of sp³-hybridized carbons (Fsp3) is 0.440.